The summed E-state index contributed by atoms with van der Waals surface area (Å²) in [4.78, 5) is 14.1. The highest BCUT2D eigenvalue weighted by Crippen LogP contribution is 2.27. The van der Waals surface area contributed by atoms with Crippen LogP contribution in [-0.4, -0.2) is 42.9 Å². The van der Waals surface area contributed by atoms with Crippen LogP contribution in [0.3, 0.4) is 0 Å². The Hall–Kier alpha value is -1.41. The van der Waals surface area contributed by atoms with Crippen molar-refractivity contribution in [2.24, 2.45) is 5.92 Å². The van der Waals surface area contributed by atoms with E-state index >= 15 is 0 Å². The van der Waals surface area contributed by atoms with Crippen molar-refractivity contribution >= 4 is 39.5 Å². The van der Waals surface area contributed by atoms with Crippen molar-refractivity contribution in [2.75, 3.05) is 26.3 Å². The van der Waals surface area contributed by atoms with Crippen molar-refractivity contribution in [3.63, 3.8) is 0 Å². The molecule has 1 amide bonds. The fourth-order valence-corrected chi connectivity index (χ4v) is 4.79. The average molecular weight is 527 g/mol. The number of hydrogen-bond acceptors (Lipinski definition) is 3. The number of likely N-dealkylation sites (tertiary alicyclic amines) is 1. The van der Waals surface area contributed by atoms with Crippen LogP contribution in [0.5, 0.6) is 0 Å². The van der Waals surface area contributed by atoms with E-state index in [9.17, 15) is 9.18 Å². The maximum Gasteiger partial charge on any atom is 0.410 e. The van der Waals surface area contributed by atoms with E-state index in [2.05, 4.69) is 22.6 Å². The molecule has 0 aromatic heterocycles. The van der Waals surface area contributed by atoms with Gasteiger partial charge < -0.3 is 14.4 Å². The minimum absolute atomic E-state index is 0.171. The molecule has 1 aliphatic rings. The molecule has 1 saturated heterocycles. The van der Waals surface area contributed by atoms with E-state index in [1.807, 2.05) is 49.9 Å². The molecule has 164 valence electrons. The van der Waals surface area contributed by atoms with Gasteiger partial charge in [-0.2, -0.15) is 0 Å². The first-order chi connectivity index (χ1) is 14.2. The second-order valence-corrected chi connectivity index (χ2v) is 10.1. The zero-order valence-electron chi connectivity index (χ0n) is 18.0. The van der Waals surface area contributed by atoms with Crippen LogP contribution in [0.2, 0.25) is 0 Å². The largest absolute Gasteiger partial charge is 0.444 e. The Balaban J connectivity index is 1.46. The van der Waals surface area contributed by atoms with E-state index in [0.29, 0.717) is 32.1 Å². The van der Waals surface area contributed by atoms with Gasteiger partial charge in [-0.1, -0.05) is 18.2 Å². The topological polar surface area (TPSA) is 38.8 Å². The molecule has 1 fully saturated rings. The predicted molar refractivity (Wildman–Crippen MR) is 126 cm³/mol. The van der Waals surface area contributed by atoms with Gasteiger partial charge in [-0.15, -0.1) is 0 Å². The van der Waals surface area contributed by atoms with Gasteiger partial charge in [0, 0.05) is 28.7 Å². The molecule has 2 aromatic rings. The summed E-state index contributed by atoms with van der Waals surface area (Å²) >= 11 is 2.26. The van der Waals surface area contributed by atoms with Crippen LogP contribution in [0.1, 0.15) is 45.6 Å². The minimum Gasteiger partial charge on any atom is -0.444 e. The number of halogens is 2. The lowest BCUT2D eigenvalue weighted by Crippen LogP contribution is -2.43. The van der Waals surface area contributed by atoms with E-state index in [1.54, 1.807) is 6.07 Å². The fourth-order valence-electron chi connectivity index (χ4n) is 3.94. The van der Waals surface area contributed by atoms with Gasteiger partial charge in [0.2, 0.25) is 0 Å². The number of nitrogens with zero attached hydrogens (tertiary/aromatic N) is 1. The first kappa shape index (κ1) is 23.3. The van der Waals surface area contributed by atoms with E-state index in [0.717, 1.165) is 45.7 Å². The maximum absolute atomic E-state index is 14.4. The Morgan fingerprint density at radius 3 is 2.80 bits per heavy atom. The molecule has 2 aromatic carbocycles. The number of carbonyl (C=O) groups excluding carboxylic acids is 1. The summed E-state index contributed by atoms with van der Waals surface area (Å²) < 4.78 is 26.8. The van der Waals surface area contributed by atoms with E-state index in [1.165, 1.54) is 0 Å². The van der Waals surface area contributed by atoms with E-state index in [4.69, 9.17) is 9.47 Å². The SMILES string of the molecule is CC(C)(C)OC(=O)N1CCC[C@@H](CCOCCc2c(F)ccc3cccc(I)c23)C1. The van der Waals surface area contributed by atoms with Gasteiger partial charge >= 0.3 is 6.09 Å². The zero-order valence-corrected chi connectivity index (χ0v) is 20.2. The highest BCUT2D eigenvalue weighted by atomic mass is 127. The molecule has 1 atom stereocenters. The summed E-state index contributed by atoms with van der Waals surface area (Å²) in [7, 11) is 0. The molecule has 0 radical (unpaired) electrons. The Labute approximate surface area is 192 Å². The molecule has 1 heterocycles. The lowest BCUT2D eigenvalue weighted by molar-refractivity contribution is 0.0140. The normalized spacial score (nSPS) is 17.4. The molecule has 0 spiro atoms. The number of amides is 1. The van der Waals surface area contributed by atoms with Gasteiger partial charge in [0.25, 0.3) is 0 Å². The molecule has 0 aliphatic carbocycles. The number of carbonyl (C=O) groups is 1. The second-order valence-electron chi connectivity index (χ2n) is 8.95. The van der Waals surface area contributed by atoms with Gasteiger partial charge in [0.05, 0.1) is 6.61 Å². The highest BCUT2D eigenvalue weighted by molar-refractivity contribution is 14.1. The van der Waals surface area contributed by atoms with Gasteiger partial charge in [-0.3, -0.25) is 0 Å². The molecular weight excluding hydrogens is 496 g/mol. The summed E-state index contributed by atoms with van der Waals surface area (Å²) in [6.07, 6.45) is 3.31. The molecule has 0 N–H and O–H groups in total. The first-order valence-electron chi connectivity index (χ1n) is 10.7. The highest BCUT2D eigenvalue weighted by Gasteiger charge is 2.27. The van der Waals surface area contributed by atoms with Crippen LogP contribution in [0.4, 0.5) is 9.18 Å². The quantitative estimate of drug-likeness (QED) is 0.333. The Bertz CT molecular complexity index is 881. The predicted octanol–water partition coefficient (Wildman–Crippen LogP) is 6.18. The molecule has 0 unspecified atom stereocenters. The van der Waals surface area contributed by atoms with Crippen molar-refractivity contribution in [3.8, 4) is 0 Å². The summed E-state index contributed by atoms with van der Waals surface area (Å²) in [5.74, 6) is 0.247. The lowest BCUT2D eigenvalue weighted by atomic mass is 9.95. The first-order valence-corrected chi connectivity index (χ1v) is 11.7. The van der Waals surface area contributed by atoms with Crippen LogP contribution in [-0.2, 0) is 15.9 Å². The Morgan fingerprint density at radius 2 is 2.03 bits per heavy atom. The zero-order chi connectivity index (χ0) is 21.7. The Morgan fingerprint density at radius 1 is 1.23 bits per heavy atom. The van der Waals surface area contributed by atoms with Crippen LogP contribution in [0, 0.1) is 15.3 Å². The van der Waals surface area contributed by atoms with Gasteiger partial charge in [-0.25, -0.2) is 9.18 Å². The molecule has 3 rings (SSSR count). The smallest absolute Gasteiger partial charge is 0.410 e. The van der Waals surface area contributed by atoms with Crippen molar-refractivity contribution < 1.29 is 18.7 Å². The minimum atomic E-state index is -0.470. The van der Waals surface area contributed by atoms with Crippen LogP contribution in [0.15, 0.2) is 30.3 Å². The van der Waals surface area contributed by atoms with Crippen molar-refractivity contribution in [1.82, 2.24) is 4.90 Å². The van der Waals surface area contributed by atoms with Crippen LogP contribution in [0.25, 0.3) is 10.8 Å². The van der Waals surface area contributed by atoms with Crippen molar-refractivity contribution in [1.29, 1.82) is 0 Å². The number of rotatable bonds is 6. The van der Waals surface area contributed by atoms with E-state index in [-0.39, 0.29) is 11.9 Å². The molecule has 0 bridgehead atoms. The van der Waals surface area contributed by atoms with Crippen molar-refractivity contribution in [3.05, 3.63) is 45.3 Å². The fraction of sp³-hybridized carbons (Fsp3) is 0.542. The lowest BCUT2D eigenvalue weighted by Gasteiger charge is -2.34. The molecular formula is C24H31FINO3. The summed E-state index contributed by atoms with van der Waals surface area (Å²) in [5.41, 5.74) is 0.258. The number of fused-ring (bicyclic) bond motifs is 1. The molecule has 4 nitrogen and oxygen atoms in total. The van der Waals surface area contributed by atoms with Gasteiger partial charge in [0.1, 0.15) is 11.4 Å². The summed E-state index contributed by atoms with van der Waals surface area (Å²) in [6.45, 7) is 8.25. The number of benzene rings is 2. The number of piperidine rings is 1. The van der Waals surface area contributed by atoms with Crippen molar-refractivity contribution in [2.45, 2.75) is 52.1 Å². The Kier molecular flexibility index (Phi) is 7.96. The molecule has 30 heavy (non-hydrogen) atoms. The number of hydrogen-bond donors (Lipinski definition) is 0. The third-order valence-electron chi connectivity index (χ3n) is 5.38. The monoisotopic (exact) mass is 527 g/mol. The summed E-state index contributed by atoms with van der Waals surface area (Å²) in [5, 5.41) is 2.05. The number of ether oxygens (including phenoxy) is 2. The third-order valence-corrected chi connectivity index (χ3v) is 6.28. The maximum atomic E-state index is 14.4. The molecule has 6 heteroatoms. The molecule has 1 aliphatic heterocycles. The van der Waals surface area contributed by atoms with Gasteiger partial charge in [0.15, 0.2) is 0 Å². The van der Waals surface area contributed by atoms with E-state index < -0.39 is 5.60 Å². The van der Waals surface area contributed by atoms with Crippen LogP contribution < -0.4 is 0 Å². The van der Waals surface area contributed by atoms with Crippen LogP contribution >= 0.6 is 22.6 Å². The second kappa shape index (κ2) is 10.3. The average Bonchev–Trinajstić information content (AvgIpc) is 2.68. The van der Waals surface area contributed by atoms with Gasteiger partial charge in [-0.05, 0) is 98.0 Å². The standard InChI is InChI=1S/C24H31FINO3/c1-24(2,3)30-23(28)27-13-5-6-17(16-27)11-14-29-15-12-19-20(25)10-9-18-7-4-8-21(26)22(18)19/h4,7-10,17H,5-6,11-16H2,1-3H3/t17-/m0/s1. The summed E-state index contributed by atoms with van der Waals surface area (Å²) in [6, 6.07) is 9.39. The molecule has 0 saturated carbocycles. The third kappa shape index (κ3) is 6.30.